The minimum absolute atomic E-state index is 0.570. The Kier molecular flexibility index (Phi) is 2.68. The third-order valence-electron chi connectivity index (χ3n) is 2.25. The van der Waals surface area contributed by atoms with Crippen LogP contribution in [0.5, 0.6) is 0 Å². The van der Waals surface area contributed by atoms with Crippen molar-refractivity contribution in [1.29, 1.82) is 0 Å². The summed E-state index contributed by atoms with van der Waals surface area (Å²) >= 11 is 11.9. The first-order valence-electron chi connectivity index (χ1n) is 4.38. The lowest BCUT2D eigenvalue weighted by atomic mass is 10.1. The Morgan fingerprint density at radius 1 is 1.29 bits per heavy atom. The van der Waals surface area contributed by atoms with Crippen molar-refractivity contribution in [2.24, 2.45) is 5.73 Å². The summed E-state index contributed by atoms with van der Waals surface area (Å²) in [6.07, 6.45) is 2.78. The highest BCUT2D eigenvalue weighted by molar-refractivity contribution is 6.45. The molecule has 2 nitrogen and oxygen atoms in total. The van der Waals surface area contributed by atoms with Crippen LogP contribution in [0, 0.1) is 0 Å². The Balaban J connectivity index is 2.64. The fourth-order valence-electron chi connectivity index (χ4n) is 1.56. The van der Waals surface area contributed by atoms with Crippen LogP contribution in [-0.4, -0.2) is 11.5 Å². The SMILES string of the molecule is NCCc1c[nH]c2c(Cl)c(Cl)ccc12. The fourth-order valence-corrected chi connectivity index (χ4v) is 1.94. The summed E-state index contributed by atoms with van der Waals surface area (Å²) in [7, 11) is 0. The van der Waals surface area contributed by atoms with Gasteiger partial charge in [-0.3, -0.25) is 0 Å². The zero-order valence-corrected chi connectivity index (χ0v) is 8.99. The van der Waals surface area contributed by atoms with Crippen LogP contribution < -0.4 is 5.73 Å². The average molecular weight is 229 g/mol. The molecule has 0 aliphatic heterocycles. The molecule has 0 amide bonds. The lowest BCUT2D eigenvalue weighted by Gasteiger charge is -1.99. The van der Waals surface area contributed by atoms with Gasteiger partial charge in [-0.1, -0.05) is 29.3 Å². The highest BCUT2D eigenvalue weighted by atomic mass is 35.5. The molecule has 0 unspecified atom stereocenters. The quantitative estimate of drug-likeness (QED) is 0.816. The molecule has 0 radical (unpaired) electrons. The maximum atomic E-state index is 6.05. The summed E-state index contributed by atoms with van der Waals surface area (Å²) in [5, 5.41) is 2.25. The number of nitrogens with two attached hydrogens (primary N) is 1. The van der Waals surface area contributed by atoms with Gasteiger partial charge in [-0.05, 0) is 24.6 Å². The minimum Gasteiger partial charge on any atom is -0.360 e. The molecule has 1 aromatic heterocycles. The number of benzene rings is 1. The first-order chi connectivity index (χ1) is 6.74. The summed E-state index contributed by atoms with van der Waals surface area (Å²) in [6, 6.07) is 3.77. The summed E-state index contributed by atoms with van der Waals surface area (Å²) < 4.78 is 0. The van der Waals surface area contributed by atoms with Crippen LogP contribution in [-0.2, 0) is 6.42 Å². The number of aromatic nitrogens is 1. The van der Waals surface area contributed by atoms with E-state index in [2.05, 4.69) is 4.98 Å². The van der Waals surface area contributed by atoms with Crippen molar-refractivity contribution < 1.29 is 0 Å². The largest absolute Gasteiger partial charge is 0.360 e. The second-order valence-corrected chi connectivity index (χ2v) is 3.92. The monoisotopic (exact) mass is 228 g/mol. The average Bonchev–Trinajstić information content (AvgIpc) is 2.57. The highest BCUT2D eigenvalue weighted by Crippen LogP contribution is 2.31. The van der Waals surface area contributed by atoms with Gasteiger partial charge in [0.1, 0.15) is 0 Å². The molecule has 2 aromatic rings. The van der Waals surface area contributed by atoms with Crippen molar-refractivity contribution in [2.45, 2.75) is 6.42 Å². The van der Waals surface area contributed by atoms with E-state index in [4.69, 9.17) is 28.9 Å². The second-order valence-electron chi connectivity index (χ2n) is 3.14. The molecule has 0 spiro atoms. The predicted molar refractivity (Wildman–Crippen MR) is 61.1 cm³/mol. The fraction of sp³-hybridized carbons (Fsp3) is 0.200. The van der Waals surface area contributed by atoms with E-state index in [0.29, 0.717) is 16.6 Å². The number of halogens is 2. The third kappa shape index (κ3) is 1.50. The number of hydrogen-bond donors (Lipinski definition) is 2. The molecule has 0 aliphatic rings. The maximum Gasteiger partial charge on any atom is 0.0833 e. The van der Waals surface area contributed by atoms with Gasteiger partial charge in [-0.2, -0.15) is 0 Å². The molecule has 1 aromatic carbocycles. The molecule has 0 atom stereocenters. The van der Waals surface area contributed by atoms with Gasteiger partial charge in [0.15, 0.2) is 0 Å². The first kappa shape index (κ1) is 9.84. The number of aromatic amines is 1. The van der Waals surface area contributed by atoms with Gasteiger partial charge in [0.2, 0.25) is 0 Å². The standard InChI is InChI=1S/C10H10Cl2N2/c11-8-2-1-7-6(3-4-13)5-14-10(7)9(8)12/h1-2,5,14H,3-4,13H2. The number of rotatable bonds is 2. The number of fused-ring (bicyclic) bond motifs is 1. The van der Waals surface area contributed by atoms with Crippen molar-refractivity contribution in [3.05, 3.63) is 33.9 Å². The van der Waals surface area contributed by atoms with Gasteiger partial charge in [0.25, 0.3) is 0 Å². The van der Waals surface area contributed by atoms with Crippen molar-refractivity contribution in [3.8, 4) is 0 Å². The Morgan fingerprint density at radius 3 is 2.79 bits per heavy atom. The van der Waals surface area contributed by atoms with Gasteiger partial charge in [-0.25, -0.2) is 0 Å². The molecular formula is C10H10Cl2N2. The maximum absolute atomic E-state index is 6.05. The molecule has 3 N–H and O–H groups in total. The van der Waals surface area contributed by atoms with Crippen LogP contribution >= 0.6 is 23.2 Å². The van der Waals surface area contributed by atoms with Crippen LogP contribution in [0.2, 0.25) is 10.0 Å². The molecule has 14 heavy (non-hydrogen) atoms. The van der Waals surface area contributed by atoms with E-state index in [9.17, 15) is 0 Å². The van der Waals surface area contributed by atoms with Gasteiger partial charge >= 0.3 is 0 Å². The Labute approximate surface area is 92.0 Å². The highest BCUT2D eigenvalue weighted by Gasteiger charge is 2.08. The van der Waals surface area contributed by atoms with Crippen molar-refractivity contribution >= 4 is 34.1 Å². The Hall–Kier alpha value is -0.700. The summed E-state index contributed by atoms with van der Waals surface area (Å²) in [6.45, 7) is 0.632. The van der Waals surface area contributed by atoms with E-state index >= 15 is 0 Å². The van der Waals surface area contributed by atoms with Crippen molar-refractivity contribution in [2.75, 3.05) is 6.54 Å². The molecule has 4 heteroatoms. The Morgan fingerprint density at radius 2 is 2.07 bits per heavy atom. The second kappa shape index (κ2) is 3.81. The summed E-state index contributed by atoms with van der Waals surface area (Å²) in [4.78, 5) is 3.11. The van der Waals surface area contributed by atoms with Crippen LogP contribution in [0.25, 0.3) is 10.9 Å². The minimum atomic E-state index is 0.570. The summed E-state index contributed by atoms with van der Waals surface area (Å²) in [5.74, 6) is 0. The van der Waals surface area contributed by atoms with Gasteiger partial charge in [0, 0.05) is 11.6 Å². The molecule has 2 rings (SSSR count). The summed E-state index contributed by atoms with van der Waals surface area (Å²) in [5.41, 5.74) is 7.58. The van der Waals surface area contributed by atoms with Gasteiger partial charge in [0.05, 0.1) is 15.6 Å². The van der Waals surface area contributed by atoms with E-state index in [1.807, 2.05) is 12.3 Å². The van der Waals surface area contributed by atoms with E-state index in [0.717, 1.165) is 17.3 Å². The van der Waals surface area contributed by atoms with E-state index in [1.165, 1.54) is 5.56 Å². The van der Waals surface area contributed by atoms with Gasteiger partial charge in [-0.15, -0.1) is 0 Å². The lowest BCUT2D eigenvalue weighted by molar-refractivity contribution is 0.976. The van der Waals surface area contributed by atoms with Crippen LogP contribution in [0.15, 0.2) is 18.3 Å². The van der Waals surface area contributed by atoms with E-state index < -0.39 is 0 Å². The predicted octanol–water partition coefficient (Wildman–Crippen LogP) is 2.98. The van der Waals surface area contributed by atoms with Gasteiger partial charge < -0.3 is 10.7 Å². The smallest absolute Gasteiger partial charge is 0.0833 e. The topological polar surface area (TPSA) is 41.8 Å². The number of H-pyrrole nitrogens is 1. The molecular weight excluding hydrogens is 219 g/mol. The molecule has 0 bridgehead atoms. The molecule has 0 aliphatic carbocycles. The first-order valence-corrected chi connectivity index (χ1v) is 5.13. The molecule has 74 valence electrons. The Bertz CT molecular complexity index is 462. The van der Waals surface area contributed by atoms with Crippen LogP contribution in [0.3, 0.4) is 0 Å². The zero-order valence-electron chi connectivity index (χ0n) is 7.48. The lowest BCUT2D eigenvalue weighted by Crippen LogP contribution is -2.01. The van der Waals surface area contributed by atoms with Crippen LogP contribution in [0.1, 0.15) is 5.56 Å². The number of nitrogens with one attached hydrogen (secondary N) is 1. The van der Waals surface area contributed by atoms with E-state index in [-0.39, 0.29) is 0 Å². The third-order valence-corrected chi connectivity index (χ3v) is 3.05. The van der Waals surface area contributed by atoms with Crippen LogP contribution in [0.4, 0.5) is 0 Å². The molecule has 1 heterocycles. The molecule has 0 fully saturated rings. The number of hydrogen-bond acceptors (Lipinski definition) is 1. The molecule has 0 saturated carbocycles. The zero-order chi connectivity index (χ0) is 10.1. The van der Waals surface area contributed by atoms with Crippen molar-refractivity contribution in [3.63, 3.8) is 0 Å². The molecule has 0 saturated heterocycles. The van der Waals surface area contributed by atoms with E-state index in [1.54, 1.807) is 6.07 Å². The van der Waals surface area contributed by atoms with Crippen molar-refractivity contribution in [1.82, 2.24) is 4.98 Å². The normalized spacial score (nSPS) is 11.1.